The van der Waals surface area contributed by atoms with Crippen molar-refractivity contribution in [3.05, 3.63) is 34.9 Å². The zero-order chi connectivity index (χ0) is 9.54. The summed E-state index contributed by atoms with van der Waals surface area (Å²) in [6.07, 6.45) is 3.93. The van der Waals surface area contributed by atoms with Crippen LogP contribution in [0.5, 0.6) is 0 Å². The van der Waals surface area contributed by atoms with Gasteiger partial charge in [0.2, 0.25) is 0 Å². The van der Waals surface area contributed by atoms with Crippen LogP contribution in [0.2, 0.25) is 0 Å². The van der Waals surface area contributed by atoms with Crippen LogP contribution in [0, 0.1) is 6.92 Å². The number of hydrogen-bond donors (Lipinski definition) is 1. The fourth-order valence-electron chi connectivity index (χ4n) is 2.99. The Morgan fingerprint density at radius 1 is 1.36 bits per heavy atom. The van der Waals surface area contributed by atoms with Gasteiger partial charge in [0.1, 0.15) is 0 Å². The van der Waals surface area contributed by atoms with Crippen LogP contribution in [-0.4, -0.2) is 12.6 Å². The van der Waals surface area contributed by atoms with E-state index >= 15 is 0 Å². The summed E-state index contributed by atoms with van der Waals surface area (Å²) in [7, 11) is 0. The first-order valence-electron chi connectivity index (χ1n) is 5.66. The molecule has 1 aliphatic carbocycles. The van der Waals surface area contributed by atoms with Crippen LogP contribution in [0.25, 0.3) is 0 Å². The SMILES string of the molecule is Cc1ccc2c(c1)C1CCNC(C2)C1. The van der Waals surface area contributed by atoms with Gasteiger partial charge in [0.05, 0.1) is 0 Å². The third-order valence-electron chi connectivity index (χ3n) is 3.70. The lowest BCUT2D eigenvalue weighted by Gasteiger charge is -2.37. The predicted molar refractivity (Wildman–Crippen MR) is 58.6 cm³/mol. The standard InChI is InChI=1S/C13H17N/c1-9-2-3-10-7-12-8-11(4-5-14-12)13(10)6-9/h2-3,6,11-12,14H,4-5,7-8H2,1H3. The maximum absolute atomic E-state index is 3.61. The van der Waals surface area contributed by atoms with E-state index in [0.29, 0.717) is 0 Å². The Balaban J connectivity index is 2.06. The van der Waals surface area contributed by atoms with Crippen LogP contribution < -0.4 is 5.32 Å². The first-order valence-corrected chi connectivity index (χ1v) is 5.66. The molecule has 0 spiro atoms. The van der Waals surface area contributed by atoms with Crippen LogP contribution in [0.15, 0.2) is 18.2 Å². The zero-order valence-electron chi connectivity index (χ0n) is 8.72. The van der Waals surface area contributed by atoms with Gasteiger partial charge < -0.3 is 5.32 Å². The first kappa shape index (κ1) is 8.49. The summed E-state index contributed by atoms with van der Waals surface area (Å²) < 4.78 is 0. The van der Waals surface area contributed by atoms with Crippen molar-refractivity contribution < 1.29 is 0 Å². The summed E-state index contributed by atoms with van der Waals surface area (Å²) >= 11 is 0. The Morgan fingerprint density at radius 3 is 3.21 bits per heavy atom. The molecule has 1 aliphatic heterocycles. The molecular formula is C13H17N. The Bertz CT molecular complexity index is 356. The molecule has 74 valence electrons. The summed E-state index contributed by atoms with van der Waals surface area (Å²) in [5.41, 5.74) is 4.65. The number of aryl methyl sites for hydroxylation is 1. The average Bonchev–Trinajstić information content (AvgIpc) is 2.20. The molecule has 14 heavy (non-hydrogen) atoms. The van der Waals surface area contributed by atoms with Gasteiger partial charge in [-0.2, -0.15) is 0 Å². The maximum Gasteiger partial charge on any atom is 0.0113 e. The predicted octanol–water partition coefficient (Wildman–Crippen LogP) is 2.39. The van der Waals surface area contributed by atoms with Crippen molar-refractivity contribution in [1.82, 2.24) is 5.32 Å². The van der Waals surface area contributed by atoms with Gasteiger partial charge in [0.25, 0.3) is 0 Å². The van der Waals surface area contributed by atoms with E-state index in [4.69, 9.17) is 0 Å². The summed E-state index contributed by atoms with van der Waals surface area (Å²) in [5.74, 6) is 0.838. The molecule has 0 aromatic heterocycles. The van der Waals surface area contributed by atoms with Gasteiger partial charge in [-0.15, -0.1) is 0 Å². The number of nitrogens with one attached hydrogen (secondary N) is 1. The molecule has 2 bridgehead atoms. The van der Waals surface area contributed by atoms with Crippen molar-refractivity contribution in [2.75, 3.05) is 6.54 Å². The Morgan fingerprint density at radius 2 is 2.29 bits per heavy atom. The van der Waals surface area contributed by atoms with Crippen molar-refractivity contribution in [2.45, 2.75) is 38.1 Å². The second-order valence-electron chi connectivity index (χ2n) is 4.78. The van der Waals surface area contributed by atoms with Gasteiger partial charge in [-0.1, -0.05) is 23.8 Å². The number of benzene rings is 1. The third kappa shape index (κ3) is 1.27. The van der Waals surface area contributed by atoms with Crippen LogP contribution in [0.4, 0.5) is 0 Å². The maximum atomic E-state index is 3.61. The van der Waals surface area contributed by atoms with Gasteiger partial charge >= 0.3 is 0 Å². The molecule has 1 N–H and O–H groups in total. The summed E-state index contributed by atoms with van der Waals surface area (Å²) in [6.45, 7) is 3.41. The monoisotopic (exact) mass is 187 g/mol. The average molecular weight is 187 g/mol. The molecule has 1 fully saturated rings. The van der Waals surface area contributed by atoms with E-state index in [0.717, 1.165) is 12.0 Å². The second-order valence-corrected chi connectivity index (χ2v) is 4.78. The van der Waals surface area contributed by atoms with Gasteiger partial charge in [-0.3, -0.25) is 0 Å². The van der Waals surface area contributed by atoms with Crippen LogP contribution in [0.3, 0.4) is 0 Å². The van der Waals surface area contributed by atoms with Crippen molar-refractivity contribution >= 4 is 0 Å². The van der Waals surface area contributed by atoms with E-state index in [-0.39, 0.29) is 0 Å². The molecule has 0 saturated carbocycles. The summed E-state index contributed by atoms with van der Waals surface area (Å²) in [4.78, 5) is 0. The van der Waals surface area contributed by atoms with E-state index in [1.165, 1.54) is 31.4 Å². The second kappa shape index (κ2) is 3.09. The lowest BCUT2D eigenvalue weighted by atomic mass is 9.76. The molecular weight excluding hydrogens is 170 g/mol. The summed E-state index contributed by atoms with van der Waals surface area (Å²) in [6, 6.07) is 7.74. The summed E-state index contributed by atoms with van der Waals surface area (Å²) in [5, 5.41) is 3.61. The van der Waals surface area contributed by atoms with Crippen molar-refractivity contribution in [3.63, 3.8) is 0 Å². The van der Waals surface area contributed by atoms with Gasteiger partial charge in [0.15, 0.2) is 0 Å². The molecule has 1 heterocycles. The smallest absolute Gasteiger partial charge is 0.0113 e. The van der Waals surface area contributed by atoms with E-state index in [1.807, 2.05) is 0 Å². The highest BCUT2D eigenvalue weighted by molar-refractivity contribution is 5.37. The van der Waals surface area contributed by atoms with E-state index in [2.05, 4.69) is 30.4 Å². The van der Waals surface area contributed by atoms with Crippen LogP contribution >= 0.6 is 0 Å². The first-order chi connectivity index (χ1) is 6.83. The lowest BCUT2D eigenvalue weighted by molar-refractivity contribution is 0.339. The topological polar surface area (TPSA) is 12.0 Å². The molecule has 2 atom stereocenters. The fraction of sp³-hybridized carbons (Fsp3) is 0.538. The molecule has 0 amide bonds. The van der Waals surface area contributed by atoms with Crippen molar-refractivity contribution in [2.24, 2.45) is 0 Å². The minimum atomic E-state index is 0.754. The van der Waals surface area contributed by atoms with Gasteiger partial charge in [0, 0.05) is 6.04 Å². The zero-order valence-corrected chi connectivity index (χ0v) is 8.72. The van der Waals surface area contributed by atoms with Crippen molar-refractivity contribution in [3.8, 4) is 0 Å². The molecule has 1 aromatic carbocycles. The van der Waals surface area contributed by atoms with Crippen molar-refractivity contribution in [1.29, 1.82) is 0 Å². The van der Waals surface area contributed by atoms with E-state index in [1.54, 1.807) is 11.1 Å². The quantitative estimate of drug-likeness (QED) is 0.657. The molecule has 2 unspecified atom stereocenters. The van der Waals surface area contributed by atoms with Crippen LogP contribution in [0.1, 0.15) is 35.4 Å². The molecule has 0 radical (unpaired) electrons. The number of piperidine rings is 1. The molecule has 1 aromatic rings. The Labute approximate surface area is 85.5 Å². The van der Waals surface area contributed by atoms with E-state index in [9.17, 15) is 0 Å². The highest BCUT2D eigenvalue weighted by Gasteiger charge is 2.29. The Hall–Kier alpha value is -0.820. The lowest BCUT2D eigenvalue weighted by Crippen LogP contribution is -2.42. The van der Waals surface area contributed by atoms with Gasteiger partial charge in [-0.25, -0.2) is 0 Å². The molecule has 2 aliphatic rings. The number of hydrogen-bond acceptors (Lipinski definition) is 1. The minimum absolute atomic E-state index is 0.754. The number of rotatable bonds is 0. The number of fused-ring (bicyclic) bond motifs is 4. The fourth-order valence-corrected chi connectivity index (χ4v) is 2.99. The molecule has 3 rings (SSSR count). The molecule has 1 heteroatoms. The van der Waals surface area contributed by atoms with Crippen LogP contribution in [-0.2, 0) is 6.42 Å². The van der Waals surface area contributed by atoms with Gasteiger partial charge in [-0.05, 0) is 49.8 Å². The molecule has 1 nitrogen and oxygen atoms in total. The Kier molecular flexibility index (Phi) is 1.88. The highest BCUT2D eigenvalue weighted by atomic mass is 14.9. The minimum Gasteiger partial charge on any atom is -0.314 e. The third-order valence-corrected chi connectivity index (χ3v) is 3.70. The largest absolute Gasteiger partial charge is 0.314 e. The normalized spacial score (nSPS) is 29.8. The van der Waals surface area contributed by atoms with E-state index < -0.39 is 0 Å². The highest BCUT2D eigenvalue weighted by Crippen LogP contribution is 2.36. The molecule has 1 saturated heterocycles.